The van der Waals surface area contributed by atoms with E-state index in [1.165, 1.54) is 11.8 Å². The SMILES string of the molecule is CN(CC(=O)NC(=O)NCc1ccco1)Cc1ccc(C(C)(C)C)cc1. The molecule has 2 aromatic rings. The highest BCUT2D eigenvalue weighted by atomic mass is 16.3. The lowest BCUT2D eigenvalue weighted by Gasteiger charge is -2.20. The van der Waals surface area contributed by atoms with Gasteiger partial charge in [0.1, 0.15) is 5.76 Å². The largest absolute Gasteiger partial charge is 0.467 e. The van der Waals surface area contributed by atoms with E-state index in [0.29, 0.717) is 12.3 Å². The summed E-state index contributed by atoms with van der Waals surface area (Å²) in [5.41, 5.74) is 2.51. The Balaban J connectivity index is 1.75. The number of benzene rings is 1. The number of rotatable bonds is 6. The number of carbonyl (C=O) groups is 2. The molecule has 0 atom stereocenters. The third-order valence-corrected chi connectivity index (χ3v) is 3.94. The summed E-state index contributed by atoms with van der Waals surface area (Å²) < 4.78 is 5.11. The summed E-state index contributed by atoms with van der Waals surface area (Å²) in [6.07, 6.45) is 1.53. The molecule has 0 radical (unpaired) electrons. The van der Waals surface area contributed by atoms with E-state index in [9.17, 15) is 9.59 Å². The van der Waals surface area contributed by atoms with Gasteiger partial charge in [-0.25, -0.2) is 4.79 Å². The van der Waals surface area contributed by atoms with Crippen LogP contribution in [0.5, 0.6) is 0 Å². The van der Waals surface area contributed by atoms with Gasteiger partial charge in [-0.2, -0.15) is 0 Å². The molecular weight excluding hydrogens is 330 g/mol. The third-order valence-electron chi connectivity index (χ3n) is 3.94. The quantitative estimate of drug-likeness (QED) is 0.833. The molecule has 26 heavy (non-hydrogen) atoms. The molecule has 6 heteroatoms. The van der Waals surface area contributed by atoms with E-state index in [-0.39, 0.29) is 24.4 Å². The molecule has 1 aromatic carbocycles. The minimum atomic E-state index is -0.533. The number of nitrogens with zero attached hydrogens (tertiary/aromatic N) is 1. The monoisotopic (exact) mass is 357 g/mol. The van der Waals surface area contributed by atoms with Gasteiger partial charge in [0, 0.05) is 6.54 Å². The Bertz CT molecular complexity index is 716. The second-order valence-corrected chi connectivity index (χ2v) is 7.43. The van der Waals surface area contributed by atoms with Gasteiger partial charge in [0.25, 0.3) is 0 Å². The van der Waals surface area contributed by atoms with Gasteiger partial charge in [0.05, 0.1) is 19.4 Å². The maximum Gasteiger partial charge on any atom is 0.321 e. The number of imide groups is 1. The van der Waals surface area contributed by atoms with Crippen molar-refractivity contribution < 1.29 is 14.0 Å². The zero-order valence-electron chi connectivity index (χ0n) is 15.8. The van der Waals surface area contributed by atoms with Crippen molar-refractivity contribution in [2.75, 3.05) is 13.6 Å². The van der Waals surface area contributed by atoms with E-state index in [1.54, 1.807) is 12.1 Å². The number of furan rings is 1. The highest BCUT2D eigenvalue weighted by Gasteiger charge is 2.14. The molecule has 0 spiro atoms. The number of urea groups is 1. The van der Waals surface area contributed by atoms with Crippen molar-refractivity contribution in [1.29, 1.82) is 0 Å². The van der Waals surface area contributed by atoms with Crippen molar-refractivity contribution in [3.05, 3.63) is 59.5 Å². The maximum atomic E-state index is 12.0. The van der Waals surface area contributed by atoms with Crippen LogP contribution >= 0.6 is 0 Å². The number of amides is 3. The second kappa shape index (κ2) is 8.67. The lowest BCUT2D eigenvalue weighted by molar-refractivity contribution is -0.120. The molecule has 0 saturated heterocycles. The molecule has 6 nitrogen and oxygen atoms in total. The number of carbonyl (C=O) groups excluding carboxylic acids is 2. The fourth-order valence-electron chi connectivity index (χ4n) is 2.51. The minimum Gasteiger partial charge on any atom is -0.467 e. The van der Waals surface area contributed by atoms with Crippen LogP contribution in [-0.4, -0.2) is 30.4 Å². The van der Waals surface area contributed by atoms with Gasteiger partial charge in [-0.3, -0.25) is 15.0 Å². The summed E-state index contributed by atoms with van der Waals surface area (Å²) in [4.78, 5) is 25.5. The first-order chi connectivity index (χ1) is 12.2. The first-order valence-corrected chi connectivity index (χ1v) is 8.62. The first-order valence-electron chi connectivity index (χ1n) is 8.62. The molecule has 0 saturated carbocycles. The van der Waals surface area contributed by atoms with Crippen molar-refractivity contribution in [2.45, 2.75) is 39.3 Å². The van der Waals surface area contributed by atoms with E-state index in [4.69, 9.17) is 4.42 Å². The highest BCUT2D eigenvalue weighted by molar-refractivity contribution is 5.95. The maximum absolute atomic E-state index is 12.0. The van der Waals surface area contributed by atoms with E-state index in [1.807, 2.05) is 11.9 Å². The molecule has 0 aliphatic carbocycles. The van der Waals surface area contributed by atoms with Gasteiger partial charge in [0.15, 0.2) is 0 Å². The normalized spacial score (nSPS) is 11.4. The van der Waals surface area contributed by atoms with Crippen molar-refractivity contribution in [3.8, 4) is 0 Å². The van der Waals surface area contributed by atoms with Gasteiger partial charge in [-0.15, -0.1) is 0 Å². The van der Waals surface area contributed by atoms with Crippen LogP contribution in [-0.2, 0) is 23.3 Å². The van der Waals surface area contributed by atoms with Gasteiger partial charge >= 0.3 is 6.03 Å². The smallest absolute Gasteiger partial charge is 0.321 e. The highest BCUT2D eigenvalue weighted by Crippen LogP contribution is 2.22. The molecule has 2 rings (SSSR count). The number of hydrogen-bond acceptors (Lipinski definition) is 4. The van der Waals surface area contributed by atoms with Crippen LogP contribution in [0.15, 0.2) is 47.1 Å². The zero-order valence-corrected chi connectivity index (χ0v) is 15.8. The Hall–Kier alpha value is -2.60. The van der Waals surface area contributed by atoms with Crippen LogP contribution in [0.25, 0.3) is 0 Å². The first kappa shape index (κ1) is 19.7. The van der Waals surface area contributed by atoms with E-state index in [2.05, 4.69) is 55.7 Å². The van der Waals surface area contributed by atoms with Gasteiger partial charge in [-0.1, -0.05) is 45.0 Å². The fraction of sp³-hybridized carbons (Fsp3) is 0.400. The molecule has 0 bridgehead atoms. The number of nitrogens with one attached hydrogen (secondary N) is 2. The van der Waals surface area contributed by atoms with E-state index >= 15 is 0 Å². The average Bonchev–Trinajstić information content (AvgIpc) is 3.05. The van der Waals surface area contributed by atoms with Crippen molar-refractivity contribution >= 4 is 11.9 Å². The fourth-order valence-corrected chi connectivity index (χ4v) is 2.51. The van der Waals surface area contributed by atoms with E-state index in [0.717, 1.165) is 5.56 Å². The molecule has 0 fully saturated rings. The predicted molar refractivity (Wildman–Crippen MR) is 101 cm³/mol. The lowest BCUT2D eigenvalue weighted by atomic mass is 9.87. The lowest BCUT2D eigenvalue weighted by Crippen LogP contribution is -2.43. The van der Waals surface area contributed by atoms with Crippen LogP contribution < -0.4 is 10.6 Å². The Kier molecular flexibility index (Phi) is 6.58. The Labute approximate surface area is 154 Å². The van der Waals surface area contributed by atoms with Crippen molar-refractivity contribution in [2.24, 2.45) is 0 Å². The standard InChI is InChI=1S/C20H27N3O3/c1-20(2,3)16-9-7-15(8-10-16)13-23(4)14-18(24)22-19(25)21-12-17-6-5-11-26-17/h5-11H,12-14H2,1-4H3,(H2,21,22,24,25). The van der Waals surface area contributed by atoms with Crippen molar-refractivity contribution in [1.82, 2.24) is 15.5 Å². The summed E-state index contributed by atoms with van der Waals surface area (Å²) >= 11 is 0. The molecule has 1 heterocycles. The summed E-state index contributed by atoms with van der Waals surface area (Å²) in [5.74, 6) is 0.277. The Morgan fingerprint density at radius 1 is 1.12 bits per heavy atom. The molecule has 0 aliphatic heterocycles. The van der Waals surface area contributed by atoms with Crippen LogP contribution in [0.1, 0.15) is 37.7 Å². The molecule has 0 aliphatic rings. The molecule has 140 valence electrons. The van der Waals surface area contributed by atoms with E-state index < -0.39 is 6.03 Å². The Morgan fingerprint density at radius 2 is 1.81 bits per heavy atom. The molecule has 0 unspecified atom stereocenters. The molecule has 3 amide bonds. The molecular formula is C20H27N3O3. The third kappa shape index (κ3) is 6.37. The topological polar surface area (TPSA) is 74.6 Å². The van der Waals surface area contributed by atoms with Crippen LogP contribution in [0.2, 0.25) is 0 Å². The summed E-state index contributed by atoms with van der Waals surface area (Å²) in [7, 11) is 1.85. The van der Waals surface area contributed by atoms with Crippen molar-refractivity contribution in [3.63, 3.8) is 0 Å². The summed E-state index contributed by atoms with van der Waals surface area (Å²) in [5, 5.41) is 4.89. The summed E-state index contributed by atoms with van der Waals surface area (Å²) in [6.45, 7) is 7.53. The molecule has 1 aromatic heterocycles. The predicted octanol–water partition coefficient (Wildman–Crippen LogP) is 3.03. The van der Waals surface area contributed by atoms with Crippen LogP contribution in [0.4, 0.5) is 4.79 Å². The van der Waals surface area contributed by atoms with Gasteiger partial charge < -0.3 is 9.73 Å². The van der Waals surface area contributed by atoms with Crippen LogP contribution in [0.3, 0.4) is 0 Å². The number of hydrogen-bond donors (Lipinski definition) is 2. The summed E-state index contributed by atoms with van der Waals surface area (Å²) in [6, 6.07) is 11.3. The van der Waals surface area contributed by atoms with Gasteiger partial charge in [0.2, 0.25) is 5.91 Å². The second-order valence-electron chi connectivity index (χ2n) is 7.43. The molecule has 2 N–H and O–H groups in total. The average molecular weight is 357 g/mol. The number of likely N-dealkylation sites (N-methyl/N-ethyl adjacent to an activating group) is 1. The minimum absolute atomic E-state index is 0.118. The van der Waals surface area contributed by atoms with Crippen LogP contribution in [0, 0.1) is 0 Å². The Morgan fingerprint density at radius 3 is 2.38 bits per heavy atom. The van der Waals surface area contributed by atoms with Gasteiger partial charge in [-0.05, 0) is 35.7 Å². The zero-order chi connectivity index (χ0) is 19.2.